The van der Waals surface area contributed by atoms with E-state index >= 15 is 0 Å². The first-order valence-electron chi connectivity index (χ1n) is 20.9. The molecule has 0 N–H and O–H groups in total. The number of hydrogen-bond donors (Lipinski definition) is 0. The first-order chi connectivity index (χ1) is 30.7. The van der Waals surface area contributed by atoms with Gasteiger partial charge >= 0.3 is 0 Å². The molecule has 5 heteroatoms. The van der Waals surface area contributed by atoms with Crippen LogP contribution in [0.25, 0.3) is 125 Å². The molecule has 3 heterocycles. The Labute approximate surface area is 360 Å². The molecule has 13 aromatic rings. The predicted molar refractivity (Wildman–Crippen MR) is 261 cm³/mol. The van der Waals surface area contributed by atoms with Crippen molar-refractivity contribution in [3.05, 3.63) is 206 Å². The molecule has 0 aliphatic carbocycles. The molecular weight excluding hydrogens is 773 g/mol. The summed E-state index contributed by atoms with van der Waals surface area (Å²) in [6, 6.07) is 74.0. The molecule has 0 spiro atoms. The molecule has 0 atom stereocenters. The van der Waals surface area contributed by atoms with Crippen molar-refractivity contribution < 1.29 is 0 Å². The lowest BCUT2D eigenvalue weighted by Gasteiger charge is -2.12. The molecule has 0 saturated heterocycles. The van der Waals surface area contributed by atoms with Crippen LogP contribution in [-0.4, -0.2) is 19.5 Å². The van der Waals surface area contributed by atoms with Crippen molar-refractivity contribution in [3.63, 3.8) is 0 Å². The van der Waals surface area contributed by atoms with E-state index in [4.69, 9.17) is 15.0 Å². The van der Waals surface area contributed by atoms with Gasteiger partial charge in [-0.2, -0.15) is 0 Å². The number of aromatic nitrogens is 4. The number of fused-ring (bicyclic) bond motifs is 11. The Balaban J connectivity index is 1.05. The molecule has 288 valence electrons. The van der Waals surface area contributed by atoms with Crippen molar-refractivity contribution in [2.45, 2.75) is 0 Å². The summed E-state index contributed by atoms with van der Waals surface area (Å²) < 4.78 is 4.88. The van der Waals surface area contributed by atoms with Gasteiger partial charge < -0.3 is 4.57 Å². The molecule has 0 aliphatic rings. The van der Waals surface area contributed by atoms with Gasteiger partial charge in [0.05, 0.1) is 11.0 Å². The molecule has 0 saturated carbocycles. The van der Waals surface area contributed by atoms with Crippen LogP contribution >= 0.6 is 11.3 Å². The predicted octanol–water partition coefficient (Wildman–Crippen LogP) is 15.5. The van der Waals surface area contributed by atoms with Crippen molar-refractivity contribution in [3.8, 4) is 51.0 Å². The number of nitrogens with zero attached hydrogens (tertiary/aromatic N) is 4. The minimum atomic E-state index is 0.652. The van der Waals surface area contributed by atoms with Crippen LogP contribution in [0.15, 0.2) is 206 Å². The third kappa shape index (κ3) is 5.42. The first kappa shape index (κ1) is 34.8. The lowest BCUT2D eigenvalue weighted by Crippen LogP contribution is -2.00. The summed E-state index contributed by atoms with van der Waals surface area (Å²) in [6.07, 6.45) is 0. The summed E-state index contributed by atoms with van der Waals surface area (Å²) in [5, 5.41) is 12.2. The Morgan fingerprint density at radius 2 is 0.968 bits per heavy atom. The fourth-order valence-electron chi connectivity index (χ4n) is 9.58. The number of hydrogen-bond acceptors (Lipinski definition) is 4. The highest BCUT2D eigenvalue weighted by Gasteiger charge is 2.22. The van der Waals surface area contributed by atoms with E-state index in [0.717, 1.165) is 33.2 Å². The zero-order chi connectivity index (χ0) is 40.7. The van der Waals surface area contributed by atoms with Crippen molar-refractivity contribution >= 4 is 85.6 Å². The van der Waals surface area contributed by atoms with Crippen LogP contribution in [0.3, 0.4) is 0 Å². The normalized spacial score (nSPS) is 11.9. The minimum Gasteiger partial charge on any atom is -0.309 e. The highest BCUT2D eigenvalue weighted by molar-refractivity contribution is 7.26. The minimum absolute atomic E-state index is 0.652. The summed E-state index contributed by atoms with van der Waals surface area (Å²) in [4.78, 5) is 15.5. The molecular formula is C57H34N4S. The maximum absolute atomic E-state index is 5.23. The van der Waals surface area contributed by atoms with Crippen molar-refractivity contribution in [2.24, 2.45) is 0 Å². The summed E-state index contributed by atoms with van der Waals surface area (Å²) in [5.41, 5.74) is 8.84. The third-order valence-electron chi connectivity index (χ3n) is 12.4. The van der Waals surface area contributed by atoms with E-state index in [9.17, 15) is 0 Å². The molecule has 0 aliphatic heterocycles. The zero-order valence-electron chi connectivity index (χ0n) is 33.3. The van der Waals surface area contributed by atoms with Gasteiger partial charge in [-0.3, -0.25) is 0 Å². The monoisotopic (exact) mass is 806 g/mol. The fourth-order valence-corrected chi connectivity index (χ4v) is 10.7. The van der Waals surface area contributed by atoms with Crippen molar-refractivity contribution in [1.82, 2.24) is 19.5 Å². The second-order valence-corrected chi connectivity index (χ2v) is 17.0. The molecule has 62 heavy (non-hydrogen) atoms. The lowest BCUT2D eigenvalue weighted by molar-refractivity contribution is 1.08. The van der Waals surface area contributed by atoms with Crippen LogP contribution in [0.2, 0.25) is 0 Å². The second-order valence-electron chi connectivity index (χ2n) is 15.9. The molecule has 0 bridgehead atoms. The van der Waals surface area contributed by atoms with Crippen LogP contribution < -0.4 is 0 Å². The largest absolute Gasteiger partial charge is 0.309 e. The average Bonchev–Trinajstić information content (AvgIpc) is 3.90. The molecule has 0 radical (unpaired) electrons. The van der Waals surface area contributed by atoms with Crippen LogP contribution in [0.1, 0.15) is 0 Å². The number of benzene rings is 10. The zero-order valence-corrected chi connectivity index (χ0v) is 34.1. The molecule has 13 rings (SSSR count). The van der Waals surface area contributed by atoms with Gasteiger partial charge in [-0.15, -0.1) is 11.3 Å². The van der Waals surface area contributed by atoms with Gasteiger partial charge in [0.25, 0.3) is 0 Å². The second kappa shape index (κ2) is 13.8. The van der Waals surface area contributed by atoms with E-state index in [1.54, 1.807) is 0 Å². The standard InChI is InChI=1S/C57H34N4S/c1-3-15-36(16-4-1)47-34-49-54(44-23-12-11-22-43(44)47)53-42-21-10-9-17-37(42)28-31-48(53)61(49)41-29-30-45-51(33-41)62-50-25-13-24-46(52(45)50)57-59-55(38-18-5-2-6-19-38)58-56(60-57)40-27-26-35-14-7-8-20-39(35)32-40/h1-34H. The summed E-state index contributed by atoms with van der Waals surface area (Å²) in [5.74, 6) is 1.96. The van der Waals surface area contributed by atoms with E-state index in [1.807, 2.05) is 29.5 Å². The molecule has 4 nitrogen and oxygen atoms in total. The maximum Gasteiger partial charge on any atom is 0.164 e. The Morgan fingerprint density at radius 1 is 0.323 bits per heavy atom. The summed E-state index contributed by atoms with van der Waals surface area (Å²) in [6.45, 7) is 0. The Hall–Kier alpha value is -7.99. The smallest absolute Gasteiger partial charge is 0.164 e. The van der Waals surface area contributed by atoms with E-state index in [0.29, 0.717) is 17.5 Å². The maximum atomic E-state index is 5.23. The van der Waals surface area contributed by atoms with E-state index in [1.165, 1.54) is 74.6 Å². The van der Waals surface area contributed by atoms with Gasteiger partial charge in [0.1, 0.15) is 0 Å². The van der Waals surface area contributed by atoms with Crippen LogP contribution in [-0.2, 0) is 0 Å². The molecule has 0 unspecified atom stereocenters. The molecule has 10 aromatic carbocycles. The SMILES string of the molecule is c1ccc(-c2nc(-c3ccc4ccccc4c3)nc(-c3cccc4sc5cc(-n6c7ccc8ccccc8c7c7c8ccccc8c(-c8ccccc8)cc76)ccc5c34)n2)cc1. The molecule has 3 aromatic heterocycles. The number of rotatable bonds is 5. The number of thiophene rings is 1. The highest BCUT2D eigenvalue weighted by Crippen LogP contribution is 2.46. The van der Waals surface area contributed by atoms with Gasteiger partial charge in [-0.25, -0.2) is 15.0 Å². The van der Waals surface area contributed by atoms with Crippen molar-refractivity contribution in [2.75, 3.05) is 0 Å². The van der Waals surface area contributed by atoms with Gasteiger partial charge in [0, 0.05) is 53.3 Å². The van der Waals surface area contributed by atoms with Crippen LogP contribution in [0, 0.1) is 0 Å². The summed E-state index contributed by atoms with van der Waals surface area (Å²) in [7, 11) is 0. The van der Waals surface area contributed by atoms with E-state index in [2.05, 4.69) is 193 Å². The average molecular weight is 807 g/mol. The first-order valence-corrected chi connectivity index (χ1v) is 21.7. The third-order valence-corrected chi connectivity index (χ3v) is 13.5. The quantitative estimate of drug-likeness (QED) is 0.174. The summed E-state index contributed by atoms with van der Waals surface area (Å²) >= 11 is 1.82. The highest BCUT2D eigenvalue weighted by atomic mass is 32.1. The van der Waals surface area contributed by atoms with Crippen molar-refractivity contribution in [1.29, 1.82) is 0 Å². The van der Waals surface area contributed by atoms with Gasteiger partial charge in [0.2, 0.25) is 0 Å². The van der Waals surface area contributed by atoms with E-state index in [-0.39, 0.29) is 0 Å². The molecule has 0 amide bonds. The Bertz CT molecular complexity index is 3920. The van der Waals surface area contributed by atoms with Gasteiger partial charge in [-0.05, 0) is 79.8 Å². The lowest BCUT2D eigenvalue weighted by atomic mass is 9.94. The van der Waals surface area contributed by atoms with Crippen LogP contribution in [0.5, 0.6) is 0 Å². The topological polar surface area (TPSA) is 43.6 Å². The van der Waals surface area contributed by atoms with E-state index < -0.39 is 0 Å². The van der Waals surface area contributed by atoms with Gasteiger partial charge in [-0.1, -0.05) is 170 Å². The van der Waals surface area contributed by atoms with Gasteiger partial charge in [0.15, 0.2) is 17.5 Å². The Morgan fingerprint density at radius 3 is 1.79 bits per heavy atom. The molecule has 0 fully saturated rings. The van der Waals surface area contributed by atoms with Crippen LogP contribution in [0.4, 0.5) is 0 Å². The Kier molecular flexibility index (Phi) is 7.74. The fraction of sp³-hybridized carbons (Fsp3) is 0.